The van der Waals surface area contributed by atoms with E-state index in [2.05, 4.69) is 15.7 Å². The molecule has 6 nitrogen and oxygen atoms in total. The van der Waals surface area contributed by atoms with Crippen molar-refractivity contribution in [3.63, 3.8) is 0 Å². The van der Waals surface area contributed by atoms with Crippen molar-refractivity contribution in [2.45, 2.75) is 43.2 Å². The third kappa shape index (κ3) is 3.28. The summed E-state index contributed by atoms with van der Waals surface area (Å²) in [5, 5.41) is 10.3. The van der Waals surface area contributed by atoms with E-state index in [1.807, 2.05) is 30.3 Å². The van der Waals surface area contributed by atoms with Crippen LogP contribution in [-0.2, 0) is 21.1 Å². The molecule has 0 spiro atoms. The number of nitrogens with one attached hydrogen (secondary N) is 2. The second kappa shape index (κ2) is 6.92. The standard InChI is InChI=1S/C18H20N4O2S/c23-17(19-12-6-4-5-7-12)18(24)20-16-14-10-25-11-15(14)21-22(16)13-8-2-1-3-9-13/h1-3,8-9,12H,4-7,10-11H2,(H,19,23)(H,20,24). The molecule has 4 rings (SSSR count). The molecule has 2 aliphatic rings. The maximum absolute atomic E-state index is 12.4. The zero-order valence-corrected chi connectivity index (χ0v) is 14.6. The van der Waals surface area contributed by atoms with Gasteiger partial charge in [0.15, 0.2) is 0 Å². The van der Waals surface area contributed by atoms with Crippen LogP contribution in [0.3, 0.4) is 0 Å². The van der Waals surface area contributed by atoms with Gasteiger partial charge in [0.1, 0.15) is 5.82 Å². The third-order valence-electron chi connectivity index (χ3n) is 4.68. The van der Waals surface area contributed by atoms with Gasteiger partial charge in [0.05, 0.1) is 11.4 Å². The van der Waals surface area contributed by atoms with Crippen molar-refractivity contribution in [3.05, 3.63) is 41.6 Å². The molecule has 1 aliphatic carbocycles. The van der Waals surface area contributed by atoms with E-state index < -0.39 is 11.8 Å². The molecule has 1 aliphatic heterocycles. The minimum Gasteiger partial charge on any atom is -0.345 e. The van der Waals surface area contributed by atoms with E-state index in [0.717, 1.165) is 54.1 Å². The fraction of sp³-hybridized carbons (Fsp3) is 0.389. The molecule has 1 fully saturated rings. The van der Waals surface area contributed by atoms with Crippen LogP contribution in [-0.4, -0.2) is 27.6 Å². The Morgan fingerprint density at radius 2 is 1.84 bits per heavy atom. The first kappa shape index (κ1) is 16.2. The molecule has 1 saturated carbocycles. The number of anilines is 1. The molecule has 130 valence electrons. The number of carbonyl (C=O) groups is 2. The molecule has 1 aromatic carbocycles. The van der Waals surface area contributed by atoms with Crippen LogP contribution < -0.4 is 10.6 Å². The van der Waals surface area contributed by atoms with Crippen LogP contribution in [0.15, 0.2) is 30.3 Å². The van der Waals surface area contributed by atoms with Gasteiger partial charge >= 0.3 is 11.8 Å². The highest BCUT2D eigenvalue weighted by molar-refractivity contribution is 7.98. The van der Waals surface area contributed by atoms with Gasteiger partial charge in [-0.05, 0) is 25.0 Å². The first-order valence-corrected chi connectivity index (χ1v) is 9.73. The van der Waals surface area contributed by atoms with Gasteiger partial charge in [-0.3, -0.25) is 9.59 Å². The Kier molecular flexibility index (Phi) is 4.48. The minimum absolute atomic E-state index is 0.124. The summed E-state index contributed by atoms with van der Waals surface area (Å²) in [7, 11) is 0. The molecule has 0 atom stereocenters. The normalized spacial score (nSPS) is 16.6. The van der Waals surface area contributed by atoms with Gasteiger partial charge in [-0.2, -0.15) is 16.9 Å². The molecule has 0 radical (unpaired) electrons. The van der Waals surface area contributed by atoms with Crippen molar-refractivity contribution >= 4 is 29.4 Å². The molecule has 0 bridgehead atoms. The van der Waals surface area contributed by atoms with E-state index >= 15 is 0 Å². The van der Waals surface area contributed by atoms with E-state index in [1.165, 1.54) is 0 Å². The number of thioether (sulfide) groups is 1. The van der Waals surface area contributed by atoms with Gasteiger partial charge in [-0.25, -0.2) is 4.68 Å². The second-order valence-electron chi connectivity index (χ2n) is 6.42. The number of hydrogen-bond acceptors (Lipinski definition) is 4. The zero-order chi connectivity index (χ0) is 17.2. The molecule has 2 amide bonds. The quantitative estimate of drug-likeness (QED) is 0.829. The highest BCUT2D eigenvalue weighted by Crippen LogP contribution is 2.36. The van der Waals surface area contributed by atoms with Crippen molar-refractivity contribution < 1.29 is 9.59 Å². The maximum Gasteiger partial charge on any atom is 0.314 e. The lowest BCUT2D eigenvalue weighted by Gasteiger charge is -2.13. The SMILES string of the molecule is O=C(Nc1c2c(nn1-c1ccccc1)CSC2)C(=O)NC1CCCC1. The Morgan fingerprint density at radius 3 is 2.60 bits per heavy atom. The summed E-state index contributed by atoms with van der Waals surface area (Å²) < 4.78 is 1.73. The van der Waals surface area contributed by atoms with Crippen molar-refractivity contribution in [3.8, 4) is 5.69 Å². The van der Waals surface area contributed by atoms with E-state index in [-0.39, 0.29) is 6.04 Å². The monoisotopic (exact) mass is 356 g/mol. The maximum atomic E-state index is 12.4. The Bertz CT molecular complexity index is 797. The Morgan fingerprint density at radius 1 is 1.08 bits per heavy atom. The molecule has 0 saturated heterocycles. The lowest BCUT2D eigenvalue weighted by molar-refractivity contribution is -0.136. The summed E-state index contributed by atoms with van der Waals surface area (Å²) in [6, 6.07) is 9.78. The molecular weight excluding hydrogens is 336 g/mol. The zero-order valence-electron chi connectivity index (χ0n) is 13.8. The lowest BCUT2D eigenvalue weighted by Crippen LogP contribution is -2.41. The topological polar surface area (TPSA) is 76.0 Å². The fourth-order valence-electron chi connectivity index (χ4n) is 3.38. The number of aromatic nitrogens is 2. The van der Waals surface area contributed by atoms with Crippen LogP contribution in [0.1, 0.15) is 36.9 Å². The molecule has 2 aromatic rings. The molecule has 7 heteroatoms. The van der Waals surface area contributed by atoms with Crippen LogP contribution in [0.2, 0.25) is 0 Å². The average molecular weight is 356 g/mol. The van der Waals surface area contributed by atoms with E-state index in [1.54, 1.807) is 16.4 Å². The van der Waals surface area contributed by atoms with Crippen molar-refractivity contribution in [1.29, 1.82) is 0 Å². The van der Waals surface area contributed by atoms with Crippen LogP contribution in [0, 0.1) is 0 Å². The highest BCUT2D eigenvalue weighted by atomic mass is 32.2. The molecule has 25 heavy (non-hydrogen) atoms. The third-order valence-corrected chi connectivity index (χ3v) is 5.65. The van der Waals surface area contributed by atoms with Crippen LogP contribution >= 0.6 is 11.8 Å². The summed E-state index contributed by atoms with van der Waals surface area (Å²) in [6.45, 7) is 0. The summed E-state index contributed by atoms with van der Waals surface area (Å²) in [5.74, 6) is 1.04. The first-order chi connectivity index (χ1) is 12.2. The molecular formula is C18H20N4O2S. The number of para-hydroxylation sites is 1. The van der Waals surface area contributed by atoms with Gasteiger partial charge in [0.2, 0.25) is 0 Å². The predicted molar refractivity (Wildman–Crippen MR) is 97.6 cm³/mol. The van der Waals surface area contributed by atoms with Crippen LogP contribution in [0.25, 0.3) is 5.69 Å². The lowest BCUT2D eigenvalue weighted by atomic mass is 10.2. The van der Waals surface area contributed by atoms with E-state index in [0.29, 0.717) is 5.82 Å². The number of rotatable bonds is 3. The van der Waals surface area contributed by atoms with Gasteiger partial charge in [0, 0.05) is 23.1 Å². The number of amides is 2. The minimum atomic E-state index is -0.622. The number of carbonyl (C=O) groups excluding carboxylic acids is 2. The number of benzene rings is 1. The van der Waals surface area contributed by atoms with Gasteiger partial charge in [0.25, 0.3) is 0 Å². The largest absolute Gasteiger partial charge is 0.345 e. The summed E-state index contributed by atoms with van der Waals surface area (Å²) in [6.07, 6.45) is 4.12. The molecule has 2 heterocycles. The van der Waals surface area contributed by atoms with Gasteiger partial charge < -0.3 is 10.6 Å². The molecule has 0 unspecified atom stereocenters. The van der Waals surface area contributed by atoms with Crippen molar-refractivity contribution in [2.24, 2.45) is 0 Å². The number of fused-ring (bicyclic) bond motifs is 1. The Balaban J connectivity index is 1.57. The number of hydrogen-bond donors (Lipinski definition) is 2. The first-order valence-electron chi connectivity index (χ1n) is 8.58. The molecule has 1 aromatic heterocycles. The smallest absolute Gasteiger partial charge is 0.314 e. The fourth-order valence-corrected chi connectivity index (χ4v) is 4.42. The van der Waals surface area contributed by atoms with Crippen LogP contribution in [0.5, 0.6) is 0 Å². The van der Waals surface area contributed by atoms with Crippen molar-refractivity contribution in [2.75, 3.05) is 5.32 Å². The summed E-state index contributed by atoms with van der Waals surface area (Å²) >= 11 is 1.76. The highest BCUT2D eigenvalue weighted by Gasteiger charge is 2.27. The van der Waals surface area contributed by atoms with Crippen molar-refractivity contribution in [1.82, 2.24) is 15.1 Å². The number of nitrogens with zero attached hydrogens (tertiary/aromatic N) is 2. The summed E-state index contributed by atoms with van der Waals surface area (Å²) in [4.78, 5) is 24.6. The predicted octanol–water partition coefficient (Wildman–Crippen LogP) is 2.62. The summed E-state index contributed by atoms with van der Waals surface area (Å²) in [5.41, 5.74) is 2.85. The van der Waals surface area contributed by atoms with Gasteiger partial charge in [-0.1, -0.05) is 31.0 Å². The average Bonchev–Trinajstić information content (AvgIpc) is 3.34. The second-order valence-corrected chi connectivity index (χ2v) is 7.41. The van der Waals surface area contributed by atoms with Crippen LogP contribution in [0.4, 0.5) is 5.82 Å². The van der Waals surface area contributed by atoms with Gasteiger partial charge in [-0.15, -0.1) is 0 Å². The molecule has 2 N–H and O–H groups in total. The Labute approximate surface area is 150 Å². The van der Waals surface area contributed by atoms with E-state index in [4.69, 9.17) is 0 Å². The Hall–Kier alpha value is -2.28. The van der Waals surface area contributed by atoms with E-state index in [9.17, 15) is 9.59 Å².